The number of hydrogen-bond acceptors (Lipinski definition) is 2. The molecule has 2 aromatic rings. The van der Waals surface area contributed by atoms with Crippen LogP contribution in [0, 0.1) is 0 Å². The zero-order valence-electron chi connectivity index (χ0n) is 12.7. The quantitative estimate of drug-likeness (QED) is 0.845. The molecule has 1 unspecified atom stereocenters. The maximum atomic E-state index is 5.44. The first-order valence-electron chi connectivity index (χ1n) is 7.79. The van der Waals surface area contributed by atoms with Gasteiger partial charge in [0.1, 0.15) is 0 Å². The van der Waals surface area contributed by atoms with Gasteiger partial charge in [-0.1, -0.05) is 61.5 Å². The van der Waals surface area contributed by atoms with Crippen molar-refractivity contribution in [2.45, 2.75) is 12.8 Å². The fourth-order valence-corrected chi connectivity index (χ4v) is 3.08. The van der Waals surface area contributed by atoms with Crippen molar-refractivity contribution in [2.24, 2.45) is 0 Å². The standard InChI is InChI=1S/C19H23NO/c1-16(15-20-11-13-21-14-12-20)18-9-5-6-10-19(18)17-7-3-2-4-8-17/h2-10,16H,11-15H2,1H3. The molecule has 0 aliphatic carbocycles. The van der Waals surface area contributed by atoms with E-state index in [9.17, 15) is 0 Å². The van der Waals surface area contributed by atoms with Gasteiger partial charge < -0.3 is 4.74 Å². The van der Waals surface area contributed by atoms with E-state index < -0.39 is 0 Å². The lowest BCUT2D eigenvalue weighted by atomic mass is 9.91. The van der Waals surface area contributed by atoms with Crippen molar-refractivity contribution in [2.75, 3.05) is 32.8 Å². The molecule has 3 rings (SSSR count). The predicted molar refractivity (Wildman–Crippen MR) is 87.6 cm³/mol. The van der Waals surface area contributed by atoms with Crippen molar-refractivity contribution in [3.63, 3.8) is 0 Å². The Morgan fingerprint density at radius 1 is 0.952 bits per heavy atom. The minimum absolute atomic E-state index is 0.527. The molecule has 1 saturated heterocycles. The number of morpholine rings is 1. The highest BCUT2D eigenvalue weighted by Crippen LogP contribution is 2.29. The summed E-state index contributed by atoms with van der Waals surface area (Å²) in [5, 5.41) is 0. The molecule has 2 heteroatoms. The maximum Gasteiger partial charge on any atom is 0.0594 e. The zero-order valence-corrected chi connectivity index (χ0v) is 12.7. The Labute approximate surface area is 127 Å². The van der Waals surface area contributed by atoms with Crippen LogP contribution in [0.25, 0.3) is 11.1 Å². The van der Waals surface area contributed by atoms with E-state index in [4.69, 9.17) is 4.74 Å². The Hall–Kier alpha value is -1.64. The minimum Gasteiger partial charge on any atom is -0.379 e. The van der Waals surface area contributed by atoms with Crippen LogP contribution in [0.1, 0.15) is 18.4 Å². The van der Waals surface area contributed by atoms with Crippen LogP contribution in [0.15, 0.2) is 54.6 Å². The number of benzene rings is 2. The first kappa shape index (κ1) is 14.3. The van der Waals surface area contributed by atoms with Gasteiger partial charge in [0.2, 0.25) is 0 Å². The van der Waals surface area contributed by atoms with Crippen molar-refractivity contribution < 1.29 is 4.74 Å². The van der Waals surface area contributed by atoms with Gasteiger partial charge in [0.25, 0.3) is 0 Å². The number of nitrogens with zero attached hydrogens (tertiary/aromatic N) is 1. The van der Waals surface area contributed by atoms with E-state index in [1.165, 1.54) is 16.7 Å². The molecule has 21 heavy (non-hydrogen) atoms. The molecule has 0 spiro atoms. The average Bonchev–Trinajstić information content (AvgIpc) is 2.56. The summed E-state index contributed by atoms with van der Waals surface area (Å²) in [4.78, 5) is 2.51. The third-order valence-corrected chi connectivity index (χ3v) is 4.21. The Kier molecular flexibility index (Phi) is 4.69. The smallest absolute Gasteiger partial charge is 0.0594 e. The van der Waals surface area contributed by atoms with Crippen molar-refractivity contribution >= 4 is 0 Å². The Morgan fingerprint density at radius 3 is 2.38 bits per heavy atom. The summed E-state index contributed by atoms with van der Waals surface area (Å²) in [5.74, 6) is 0.527. The highest BCUT2D eigenvalue weighted by molar-refractivity contribution is 5.67. The normalized spacial score (nSPS) is 17.6. The highest BCUT2D eigenvalue weighted by atomic mass is 16.5. The van der Waals surface area contributed by atoms with E-state index in [0.717, 1.165) is 32.8 Å². The summed E-state index contributed by atoms with van der Waals surface area (Å²) in [7, 11) is 0. The molecule has 110 valence electrons. The van der Waals surface area contributed by atoms with Crippen molar-refractivity contribution in [3.8, 4) is 11.1 Å². The fraction of sp³-hybridized carbons (Fsp3) is 0.368. The highest BCUT2D eigenvalue weighted by Gasteiger charge is 2.17. The molecule has 1 atom stereocenters. The number of ether oxygens (including phenoxy) is 1. The van der Waals surface area contributed by atoms with Crippen molar-refractivity contribution in [1.82, 2.24) is 4.90 Å². The van der Waals surface area contributed by atoms with Crippen LogP contribution in [0.2, 0.25) is 0 Å². The summed E-state index contributed by atoms with van der Waals surface area (Å²) in [6.07, 6.45) is 0. The van der Waals surface area contributed by atoms with Gasteiger partial charge in [-0.25, -0.2) is 0 Å². The topological polar surface area (TPSA) is 12.5 Å². The largest absolute Gasteiger partial charge is 0.379 e. The van der Waals surface area contributed by atoms with Gasteiger partial charge in [0, 0.05) is 19.6 Å². The van der Waals surface area contributed by atoms with E-state index in [-0.39, 0.29) is 0 Å². The Bertz CT molecular complexity index is 561. The third-order valence-electron chi connectivity index (χ3n) is 4.21. The molecular formula is C19H23NO. The molecular weight excluding hydrogens is 258 g/mol. The van der Waals surface area contributed by atoms with Crippen molar-refractivity contribution in [1.29, 1.82) is 0 Å². The Balaban J connectivity index is 1.81. The summed E-state index contributed by atoms with van der Waals surface area (Å²) in [6, 6.07) is 19.5. The van der Waals surface area contributed by atoms with Gasteiger partial charge in [0.05, 0.1) is 13.2 Å². The van der Waals surface area contributed by atoms with Gasteiger partial charge in [-0.3, -0.25) is 4.90 Å². The molecule has 2 nitrogen and oxygen atoms in total. The lowest BCUT2D eigenvalue weighted by Gasteiger charge is -2.30. The lowest BCUT2D eigenvalue weighted by molar-refractivity contribution is 0.0357. The second-order valence-electron chi connectivity index (χ2n) is 5.77. The first-order valence-corrected chi connectivity index (χ1v) is 7.79. The van der Waals surface area contributed by atoms with E-state index in [0.29, 0.717) is 5.92 Å². The summed E-state index contributed by atoms with van der Waals surface area (Å²) in [6.45, 7) is 7.28. The zero-order chi connectivity index (χ0) is 14.5. The van der Waals surface area contributed by atoms with E-state index in [1.54, 1.807) is 0 Å². The van der Waals surface area contributed by atoms with E-state index in [2.05, 4.69) is 66.4 Å². The average molecular weight is 281 g/mol. The minimum atomic E-state index is 0.527. The molecule has 0 amide bonds. The van der Waals surface area contributed by atoms with Crippen LogP contribution in [0.5, 0.6) is 0 Å². The molecule has 1 aliphatic heterocycles. The molecule has 1 fully saturated rings. The molecule has 0 radical (unpaired) electrons. The molecule has 2 aromatic carbocycles. The molecule has 0 saturated carbocycles. The fourth-order valence-electron chi connectivity index (χ4n) is 3.08. The Morgan fingerprint density at radius 2 is 1.62 bits per heavy atom. The lowest BCUT2D eigenvalue weighted by Crippen LogP contribution is -2.38. The SMILES string of the molecule is CC(CN1CCOCC1)c1ccccc1-c1ccccc1. The second kappa shape index (κ2) is 6.88. The van der Waals surface area contributed by atoms with Crippen LogP contribution in [0.4, 0.5) is 0 Å². The van der Waals surface area contributed by atoms with Gasteiger partial charge in [-0.15, -0.1) is 0 Å². The third kappa shape index (κ3) is 3.52. The van der Waals surface area contributed by atoms with Gasteiger partial charge in [0.15, 0.2) is 0 Å². The molecule has 0 aromatic heterocycles. The van der Waals surface area contributed by atoms with E-state index in [1.807, 2.05) is 0 Å². The van der Waals surface area contributed by atoms with Gasteiger partial charge in [-0.2, -0.15) is 0 Å². The second-order valence-corrected chi connectivity index (χ2v) is 5.77. The van der Waals surface area contributed by atoms with Crippen molar-refractivity contribution in [3.05, 3.63) is 60.2 Å². The summed E-state index contributed by atoms with van der Waals surface area (Å²) < 4.78 is 5.44. The van der Waals surface area contributed by atoms with Crippen LogP contribution in [0.3, 0.4) is 0 Å². The van der Waals surface area contributed by atoms with Crippen LogP contribution < -0.4 is 0 Å². The van der Waals surface area contributed by atoms with Crippen LogP contribution >= 0.6 is 0 Å². The van der Waals surface area contributed by atoms with Crippen LogP contribution in [-0.2, 0) is 4.74 Å². The molecule has 1 heterocycles. The monoisotopic (exact) mass is 281 g/mol. The summed E-state index contributed by atoms with van der Waals surface area (Å²) >= 11 is 0. The molecule has 0 bridgehead atoms. The molecule has 1 aliphatic rings. The molecule has 0 N–H and O–H groups in total. The van der Waals surface area contributed by atoms with E-state index >= 15 is 0 Å². The van der Waals surface area contributed by atoms with Gasteiger partial charge >= 0.3 is 0 Å². The maximum absolute atomic E-state index is 5.44. The number of rotatable bonds is 4. The number of hydrogen-bond donors (Lipinski definition) is 0. The first-order chi connectivity index (χ1) is 10.3. The van der Waals surface area contributed by atoms with Crippen LogP contribution in [-0.4, -0.2) is 37.7 Å². The van der Waals surface area contributed by atoms with Gasteiger partial charge in [-0.05, 0) is 22.6 Å². The summed E-state index contributed by atoms with van der Waals surface area (Å²) in [5.41, 5.74) is 4.11. The predicted octanol–water partition coefficient (Wildman–Crippen LogP) is 3.79.